The first-order chi connectivity index (χ1) is 12.9. The number of hydrogen-bond acceptors (Lipinski definition) is 2. The van der Waals surface area contributed by atoms with Gasteiger partial charge in [0.25, 0.3) is 0 Å². The van der Waals surface area contributed by atoms with E-state index in [0.717, 1.165) is 44.4 Å². The lowest BCUT2D eigenvalue weighted by atomic mass is 10.2. The van der Waals surface area contributed by atoms with Crippen molar-refractivity contribution in [2.75, 3.05) is 0 Å². The lowest BCUT2D eigenvalue weighted by Crippen LogP contribution is -1.94. The van der Waals surface area contributed by atoms with Gasteiger partial charge in [-0.05, 0) is 30.3 Å². The first kappa shape index (κ1) is 13.6. The van der Waals surface area contributed by atoms with Gasteiger partial charge in [-0.15, -0.1) is 0 Å². The maximum atomic E-state index is 4.93. The van der Waals surface area contributed by atoms with E-state index in [1.165, 1.54) is 0 Å². The highest BCUT2D eigenvalue weighted by Gasteiger charge is 2.19. The monoisotopic (exact) mass is 334 g/mol. The second-order valence-electron chi connectivity index (χ2n) is 6.42. The molecular formula is C22H14N4. The molecular weight excluding hydrogens is 320 g/mol. The van der Waals surface area contributed by atoms with Gasteiger partial charge in [0.05, 0.1) is 33.8 Å². The predicted molar refractivity (Wildman–Crippen MR) is 105 cm³/mol. The molecule has 122 valence electrons. The van der Waals surface area contributed by atoms with Gasteiger partial charge in [-0.25, -0.2) is 4.98 Å². The normalized spacial score (nSPS) is 11.8. The predicted octanol–water partition coefficient (Wildman–Crippen LogP) is 4.98. The molecule has 0 aliphatic carbocycles. The summed E-state index contributed by atoms with van der Waals surface area (Å²) in [5.41, 5.74) is 6.38. The average Bonchev–Trinajstić information content (AvgIpc) is 3.22. The summed E-state index contributed by atoms with van der Waals surface area (Å²) in [6.45, 7) is 0. The van der Waals surface area contributed by atoms with E-state index in [1.807, 2.05) is 24.4 Å². The molecule has 0 fully saturated rings. The molecule has 0 saturated heterocycles. The van der Waals surface area contributed by atoms with Gasteiger partial charge in [0.15, 0.2) is 0 Å². The minimum Gasteiger partial charge on any atom is -0.277 e. The highest BCUT2D eigenvalue weighted by molar-refractivity contribution is 6.06. The zero-order valence-electron chi connectivity index (χ0n) is 13.9. The fourth-order valence-electron chi connectivity index (χ4n) is 3.84. The SMILES string of the molecule is c1ccc(-n2c3cnc4ccccc4c3n3c4ccccc4nc23)cc1. The minimum absolute atomic E-state index is 0.908. The fraction of sp³-hybridized carbons (Fsp3) is 0. The number of aromatic nitrogens is 4. The minimum atomic E-state index is 0.908. The van der Waals surface area contributed by atoms with Crippen LogP contribution in [0.15, 0.2) is 85.1 Å². The molecule has 26 heavy (non-hydrogen) atoms. The Morgan fingerprint density at radius 3 is 2.27 bits per heavy atom. The maximum absolute atomic E-state index is 4.93. The molecule has 3 aromatic carbocycles. The zero-order valence-corrected chi connectivity index (χ0v) is 13.9. The number of para-hydroxylation sites is 4. The van der Waals surface area contributed by atoms with Gasteiger partial charge in [-0.3, -0.25) is 14.0 Å². The summed E-state index contributed by atoms with van der Waals surface area (Å²) in [5, 5.41) is 1.13. The van der Waals surface area contributed by atoms with E-state index in [0.29, 0.717) is 0 Å². The quantitative estimate of drug-likeness (QED) is 0.425. The lowest BCUT2D eigenvalue weighted by molar-refractivity contribution is 1.11. The second-order valence-corrected chi connectivity index (χ2v) is 6.42. The Bertz CT molecular complexity index is 1420. The maximum Gasteiger partial charge on any atom is 0.220 e. The number of nitrogens with zero attached hydrogens (tertiary/aromatic N) is 4. The van der Waals surface area contributed by atoms with E-state index in [1.54, 1.807) is 0 Å². The van der Waals surface area contributed by atoms with E-state index in [9.17, 15) is 0 Å². The summed E-state index contributed by atoms with van der Waals surface area (Å²) in [6.07, 6.45) is 1.95. The van der Waals surface area contributed by atoms with Gasteiger partial charge in [0.1, 0.15) is 0 Å². The van der Waals surface area contributed by atoms with Crippen molar-refractivity contribution < 1.29 is 0 Å². The Labute approximate surface area is 149 Å². The smallest absolute Gasteiger partial charge is 0.220 e. The number of benzene rings is 3. The average molecular weight is 334 g/mol. The lowest BCUT2D eigenvalue weighted by Gasteiger charge is -2.05. The highest BCUT2D eigenvalue weighted by Crippen LogP contribution is 2.32. The largest absolute Gasteiger partial charge is 0.277 e. The van der Waals surface area contributed by atoms with Crippen molar-refractivity contribution in [2.45, 2.75) is 0 Å². The first-order valence-electron chi connectivity index (χ1n) is 8.62. The molecule has 3 aromatic heterocycles. The van der Waals surface area contributed by atoms with Crippen molar-refractivity contribution in [1.29, 1.82) is 0 Å². The van der Waals surface area contributed by atoms with Crippen molar-refractivity contribution in [3.05, 3.63) is 85.1 Å². The van der Waals surface area contributed by atoms with E-state index in [-0.39, 0.29) is 0 Å². The van der Waals surface area contributed by atoms with Gasteiger partial charge in [-0.2, -0.15) is 0 Å². The van der Waals surface area contributed by atoms with Crippen LogP contribution in [-0.4, -0.2) is 18.9 Å². The molecule has 0 N–H and O–H groups in total. The molecule has 0 atom stereocenters. The van der Waals surface area contributed by atoms with E-state index in [4.69, 9.17) is 4.98 Å². The Balaban J connectivity index is 1.95. The third-order valence-corrected chi connectivity index (χ3v) is 4.95. The summed E-state index contributed by atoms with van der Waals surface area (Å²) in [7, 11) is 0. The van der Waals surface area contributed by atoms with Gasteiger partial charge in [-0.1, -0.05) is 48.5 Å². The molecule has 3 heterocycles. The number of imidazole rings is 2. The molecule has 0 spiro atoms. The summed E-state index contributed by atoms with van der Waals surface area (Å²) >= 11 is 0. The molecule has 6 rings (SSSR count). The number of fused-ring (bicyclic) bond motifs is 7. The number of rotatable bonds is 1. The van der Waals surface area contributed by atoms with Crippen LogP contribution < -0.4 is 0 Å². The van der Waals surface area contributed by atoms with Crippen LogP contribution in [0.5, 0.6) is 0 Å². The van der Waals surface area contributed by atoms with Crippen molar-refractivity contribution in [1.82, 2.24) is 18.9 Å². The van der Waals surface area contributed by atoms with Crippen molar-refractivity contribution in [2.24, 2.45) is 0 Å². The molecule has 0 radical (unpaired) electrons. The van der Waals surface area contributed by atoms with Crippen LogP contribution in [0.2, 0.25) is 0 Å². The van der Waals surface area contributed by atoms with E-state index in [2.05, 4.69) is 74.6 Å². The molecule has 6 aromatic rings. The first-order valence-corrected chi connectivity index (χ1v) is 8.62. The van der Waals surface area contributed by atoms with Crippen molar-refractivity contribution in [3.8, 4) is 5.69 Å². The standard InChI is InChI=1S/C22H14N4/c1-2-8-15(9-3-1)25-20-14-23-17-11-5-4-10-16(17)21(20)26-19-13-7-6-12-18(19)24-22(25)26/h1-14H. The fourth-order valence-corrected chi connectivity index (χ4v) is 3.84. The Morgan fingerprint density at radius 1 is 0.654 bits per heavy atom. The summed E-state index contributed by atoms with van der Waals surface area (Å²) in [5.74, 6) is 0.908. The van der Waals surface area contributed by atoms with E-state index < -0.39 is 0 Å². The number of pyridine rings is 1. The molecule has 0 amide bonds. The Kier molecular flexibility index (Phi) is 2.58. The third kappa shape index (κ3) is 1.68. The van der Waals surface area contributed by atoms with Gasteiger partial charge in [0, 0.05) is 11.1 Å². The van der Waals surface area contributed by atoms with Crippen LogP contribution in [-0.2, 0) is 0 Å². The Hall–Kier alpha value is -3.66. The molecule has 4 heteroatoms. The molecule has 0 aliphatic rings. The molecule has 0 bridgehead atoms. The third-order valence-electron chi connectivity index (χ3n) is 4.95. The van der Waals surface area contributed by atoms with Crippen LogP contribution in [0.1, 0.15) is 0 Å². The topological polar surface area (TPSA) is 35.1 Å². The molecule has 0 aliphatic heterocycles. The van der Waals surface area contributed by atoms with E-state index >= 15 is 0 Å². The molecule has 0 saturated carbocycles. The zero-order chi connectivity index (χ0) is 17.1. The van der Waals surface area contributed by atoms with Crippen LogP contribution in [0, 0.1) is 0 Å². The van der Waals surface area contributed by atoms with Crippen LogP contribution >= 0.6 is 0 Å². The second kappa shape index (κ2) is 4.92. The van der Waals surface area contributed by atoms with Crippen molar-refractivity contribution in [3.63, 3.8) is 0 Å². The van der Waals surface area contributed by atoms with Crippen LogP contribution in [0.4, 0.5) is 0 Å². The Morgan fingerprint density at radius 2 is 1.38 bits per heavy atom. The van der Waals surface area contributed by atoms with Crippen LogP contribution in [0.25, 0.3) is 44.4 Å². The van der Waals surface area contributed by atoms with Crippen LogP contribution in [0.3, 0.4) is 0 Å². The van der Waals surface area contributed by atoms with Gasteiger partial charge in [0.2, 0.25) is 5.78 Å². The number of hydrogen-bond donors (Lipinski definition) is 0. The van der Waals surface area contributed by atoms with Crippen molar-refractivity contribution >= 4 is 38.7 Å². The van der Waals surface area contributed by atoms with Gasteiger partial charge >= 0.3 is 0 Å². The molecule has 4 nitrogen and oxygen atoms in total. The summed E-state index contributed by atoms with van der Waals surface area (Å²) < 4.78 is 4.44. The highest BCUT2D eigenvalue weighted by atomic mass is 15.2. The summed E-state index contributed by atoms with van der Waals surface area (Å²) in [6, 6.07) is 26.9. The molecule has 0 unspecified atom stereocenters. The van der Waals surface area contributed by atoms with Gasteiger partial charge < -0.3 is 0 Å². The summed E-state index contributed by atoms with van der Waals surface area (Å²) in [4.78, 5) is 9.62.